The number of rotatable bonds is 4. The second-order valence-electron chi connectivity index (χ2n) is 7.60. The average molecular weight is 389 g/mol. The molecule has 4 aromatic rings. The molecular formula is C22H23N5O2. The number of hydrogen-bond donors (Lipinski definition) is 1. The zero-order chi connectivity index (χ0) is 20.7. The highest BCUT2D eigenvalue weighted by Gasteiger charge is 2.19. The third kappa shape index (κ3) is 3.29. The van der Waals surface area contributed by atoms with Gasteiger partial charge in [-0.05, 0) is 49.2 Å². The van der Waals surface area contributed by atoms with E-state index >= 15 is 0 Å². The molecule has 1 amide bonds. The van der Waals surface area contributed by atoms with Gasteiger partial charge >= 0.3 is 0 Å². The zero-order valence-electron chi connectivity index (χ0n) is 16.9. The van der Waals surface area contributed by atoms with E-state index in [-0.39, 0.29) is 29.6 Å². The lowest BCUT2D eigenvalue weighted by atomic mass is 10.1. The van der Waals surface area contributed by atoms with Crippen molar-refractivity contribution in [3.8, 4) is 0 Å². The summed E-state index contributed by atoms with van der Waals surface area (Å²) in [4.78, 5) is 25.8. The Morgan fingerprint density at radius 1 is 1.03 bits per heavy atom. The normalized spacial score (nSPS) is 11.5. The molecule has 0 bridgehead atoms. The van der Waals surface area contributed by atoms with Gasteiger partial charge in [0.2, 0.25) is 11.6 Å². The number of anilines is 1. The fraction of sp³-hybridized carbons (Fsp3) is 0.273. The molecule has 2 aromatic carbocycles. The van der Waals surface area contributed by atoms with Gasteiger partial charge in [-0.3, -0.25) is 18.6 Å². The van der Waals surface area contributed by atoms with Crippen molar-refractivity contribution >= 4 is 28.3 Å². The third-order valence-electron chi connectivity index (χ3n) is 5.15. The van der Waals surface area contributed by atoms with E-state index < -0.39 is 0 Å². The minimum absolute atomic E-state index is 0.105. The predicted octanol–water partition coefficient (Wildman–Crippen LogP) is 3.42. The number of amides is 1. The van der Waals surface area contributed by atoms with E-state index in [1.54, 1.807) is 4.40 Å². The summed E-state index contributed by atoms with van der Waals surface area (Å²) in [5.41, 5.74) is 4.32. The summed E-state index contributed by atoms with van der Waals surface area (Å²) in [6.45, 7) is 7.93. The molecule has 7 heteroatoms. The van der Waals surface area contributed by atoms with Gasteiger partial charge < -0.3 is 5.32 Å². The topological polar surface area (TPSA) is 81.3 Å². The molecule has 148 valence electrons. The Balaban J connectivity index is 1.79. The van der Waals surface area contributed by atoms with Crippen LogP contribution < -0.4 is 10.9 Å². The van der Waals surface area contributed by atoms with Crippen molar-refractivity contribution in [3.05, 3.63) is 69.8 Å². The molecule has 0 saturated carbocycles. The van der Waals surface area contributed by atoms with E-state index in [0.717, 1.165) is 22.5 Å². The summed E-state index contributed by atoms with van der Waals surface area (Å²) in [6.07, 6.45) is 0. The van der Waals surface area contributed by atoms with Gasteiger partial charge in [0.05, 0.1) is 11.0 Å². The Hall–Kier alpha value is -3.48. The number of nitrogens with one attached hydrogen (secondary N) is 1. The number of para-hydroxylation sites is 2. The lowest BCUT2D eigenvalue weighted by Gasteiger charge is -2.14. The van der Waals surface area contributed by atoms with Gasteiger partial charge in [-0.25, -0.2) is 0 Å². The van der Waals surface area contributed by atoms with Crippen molar-refractivity contribution in [2.24, 2.45) is 0 Å². The Morgan fingerprint density at radius 2 is 1.76 bits per heavy atom. The van der Waals surface area contributed by atoms with Crippen LogP contribution in [-0.2, 0) is 11.3 Å². The molecular weight excluding hydrogens is 366 g/mol. The lowest BCUT2D eigenvalue weighted by molar-refractivity contribution is -0.116. The molecule has 7 nitrogen and oxygen atoms in total. The second-order valence-corrected chi connectivity index (χ2v) is 7.60. The minimum Gasteiger partial charge on any atom is -0.325 e. The highest BCUT2D eigenvalue weighted by Crippen LogP contribution is 2.20. The summed E-state index contributed by atoms with van der Waals surface area (Å²) in [5.74, 6) is 0.560. The second kappa shape index (κ2) is 7.16. The first kappa shape index (κ1) is 18.9. The monoisotopic (exact) mass is 389 g/mol. The van der Waals surface area contributed by atoms with Gasteiger partial charge in [0.15, 0.2) is 0 Å². The van der Waals surface area contributed by atoms with Gasteiger partial charge in [0.25, 0.3) is 5.56 Å². The molecule has 0 fully saturated rings. The fourth-order valence-corrected chi connectivity index (χ4v) is 3.48. The van der Waals surface area contributed by atoms with Crippen molar-refractivity contribution in [1.29, 1.82) is 0 Å². The lowest BCUT2D eigenvalue weighted by Crippen LogP contribution is -2.29. The number of hydrogen-bond acceptors (Lipinski definition) is 4. The van der Waals surface area contributed by atoms with Crippen molar-refractivity contribution in [1.82, 2.24) is 19.2 Å². The number of aromatic nitrogens is 4. The molecule has 4 rings (SSSR count). The van der Waals surface area contributed by atoms with E-state index in [1.807, 2.05) is 70.2 Å². The molecule has 29 heavy (non-hydrogen) atoms. The van der Waals surface area contributed by atoms with Crippen LogP contribution in [0.1, 0.15) is 36.7 Å². The van der Waals surface area contributed by atoms with Gasteiger partial charge in [0, 0.05) is 11.6 Å². The first-order valence-corrected chi connectivity index (χ1v) is 9.60. The fourth-order valence-electron chi connectivity index (χ4n) is 3.48. The summed E-state index contributed by atoms with van der Waals surface area (Å²) in [5, 5.41) is 11.2. The van der Waals surface area contributed by atoms with E-state index in [0.29, 0.717) is 11.2 Å². The maximum atomic E-state index is 13.1. The van der Waals surface area contributed by atoms with Crippen LogP contribution in [0.25, 0.3) is 16.7 Å². The molecule has 0 saturated heterocycles. The first-order valence-electron chi connectivity index (χ1n) is 9.60. The number of fused-ring (bicyclic) bond motifs is 3. The smallest absolute Gasteiger partial charge is 0.297 e. The maximum Gasteiger partial charge on any atom is 0.297 e. The van der Waals surface area contributed by atoms with Crippen molar-refractivity contribution < 1.29 is 4.79 Å². The van der Waals surface area contributed by atoms with Crippen molar-refractivity contribution in [2.75, 3.05) is 5.32 Å². The molecule has 0 aliphatic heterocycles. The van der Waals surface area contributed by atoms with Crippen LogP contribution in [0.2, 0.25) is 0 Å². The Labute approximate surface area is 168 Å². The highest BCUT2D eigenvalue weighted by atomic mass is 16.2. The van der Waals surface area contributed by atoms with Crippen LogP contribution in [0, 0.1) is 13.8 Å². The van der Waals surface area contributed by atoms with Gasteiger partial charge in [-0.15, -0.1) is 10.2 Å². The van der Waals surface area contributed by atoms with Gasteiger partial charge in [0.1, 0.15) is 12.4 Å². The molecule has 0 unspecified atom stereocenters. The van der Waals surface area contributed by atoms with Crippen LogP contribution in [0.15, 0.2) is 47.3 Å². The average Bonchev–Trinajstić information content (AvgIpc) is 3.14. The molecule has 2 heterocycles. The van der Waals surface area contributed by atoms with Crippen LogP contribution in [0.4, 0.5) is 5.69 Å². The van der Waals surface area contributed by atoms with Crippen LogP contribution in [0.3, 0.4) is 0 Å². The van der Waals surface area contributed by atoms with Crippen LogP contribution in [0.5, 0.6) is 0 Å². The number of carbonyl (C=O) groups excluding carboxylic acids is 1. The Bertz CT molecular complexity index is 1300. The molecule has 2 aromatic heterocycles. The van der Waals surface area contributed by atoms with Crippen LogP contribution >= 0.6 is 0 Å². The molecule has 1 N–H and O–H groups in total. The molecule has 0 radical (unpaired) electrons. The number of aryl methyl sites for hydroxylation is 2. The van der Waals surface area contributed by atoms with Crippen LogP contribution in [-0.4, -0.2) is 25.1 Å². The van der Waals surface area contributed by atoms with Crippen molar-refractivity contribution in [2.45, 2.75) is 40.2 Å². The van der Waals surface area contributed by atoms with Crippen molar-refractivity contribution in [3.63, 3.8) is 0 Å². The Kier molecular flexibility index (Phi) is 4.66. The molecule has 0 aliphatic carbocycles. The summed E-state index contributed by atoms with van der Waals surface area (Å²) in [7, 11) is 0. The Morgan fingerprint density at radius 3 is 2.45 bits per heavy atom. The largest absolute Gasteiger partial charge is 0.325 e. The summed E-state index contributed by atoms with van der Waals surface area (Å²) >= 11 is 0. The predicted molar refractivity (Wildman–Crippen MR) is 113 cm³/mol. The first-order chi connectivity index (χ1) is 13.9. The summed E-state index contributed by atoms with van der Waals surface area (Å²) < 4.78 is 3.25. The third-order valence-corrected chi connectivity index (χ3v) is 5.15. The number of nitrogens with zero attached hydrogens (tertiary/aromatic N) is 4. The van der Waals surface area contributed by atoms with E-state index in [1.165, 1.54) is 4.57 Å². The van der Waals surface area contributed by atoms with E-state index in [9.17, 15) is 9.59 Å². The standard InChI is InChI=1S/C22H23N5O2/c1-13(2)20-24-25-21-22(29)26(17-7-5-6-8-18(17)27(20)21)12-19(28)23-16-10-9-14(3)15(4)11-16/h5-11,13H,12H2,1-4H3,(H,23,28). The quantitative estimate of drug-likeness (QED) is 0.580. The van der Waals surface area contributed by atoms with E-state index in [4.69, 9.17) is 0 Å². The molecule has 0 aliphatic rings. The maximum absolute atomic E-state index is 13.1. The number of benzene rings is 2. The SMILES string of the molecule is Cc1ccc(NC(=O)Cn2c(=O)c3nnc(C(C)C)n3c3ccccc32)cc1C. The highest BCUT2D eigenvalue weighted by molar-refractivity contribution is 5.92. The van der Waals surface area contributed by atoms with Gasteiger partial charge in [-0.2, -0.15) is 0 Å². The number of carbonyl (C=O) groups is 1. The van der Waals surface area contributed by atoms with E-state index in [2.05, 4.69) is 15.5 Å². The summed E-state index contributed by atoms with van der Waals surface area (Å²) in [6, 6.07) is 13.2. The van der Waals surface area contributed by atoms with Gasteiger partial charge in [-0.1, -0.05) is 32.0 Å². The molecule has 0 atom stereocenters. The minimum atomic E-state index is -0.335. The zero-order valence-corrected chi connectivity index (χ0v) is 16.9. The molecule has 0 spiro atoms.